The van der Waals surface area contributed by atoms with Crippen LogP contribution < -0.4 is 0 Å². The van der Waals surface area contributed by atoms with Crippen LogP contribution in [0.2, 0.25) is 0 Å². The zero-order valence-corrected chi connectivity index (χ0v) is 21.1. The summed E-state index contributed by atoms with van der Waals surface area (Å²) in [6.07, 6.45) is 3.29. The highest BCUT2D eigenvalue weighted by Crippen LogP contribution is 2.32. The molecule has 4 heteroatoms. The first-order valence-electron chi connectivity index (χ1n) is 12.0. The SMILES string of the molecule is CC(C)(C)OC(=O)CC(CCCC(CC(=O)OC(C)(C)C)c1ccccc1)c1ccccc1. The largest absolute Gasteiger partial charge is 0.460 e. The summed E-state index contributed by atoms with van der Waals surface area (Å²) >= 11 is 0. The minimum absolute atomic E-state index is 0.0824. The van der Waals surface area contributed by atoms with Crippen molar-refractivity contribution in [3.63, 3.8) is 0 Å². The van der Waals surface area contributed by atoms with Crippen molar-refractivity contribution >= 4 is 11.9 Å². The third-order valence-corrected chi connectivity index (χ3v) is 5.31. The average molecular weight is 453 g/mol. The fraction of sp³-hybridized carbons (Fsp3) is 0.517. The lowest BCUT2D eigenvalue weighted by Gasteiger charge is -2.24. The predicted octanol–water partition coefficient (Wildman–Crippen LogP) is 7.19. The second-order valence-corrected chi connectivity index (χ2v) is 10.7. The van der Waals surface area contributed by atoms with Gasteiger partial charge in [0.15, 0.2) is 0 Å². The van der Waals surface area contributed by atoms with Crippen LogP contribution in [0.4, 0.5) is 0 Å². The van der Waals surface area contributed by atoms with E-state index in [9.17, 15) is 9.59 Å². The number of carbonyl (C=O) groups excluding carboxylic acids is 2. The summed E-state index contributed by atoms with van der Waals surface area (Å²) in [5, 5.41) is 0. The Morgan fingerprint density at radius 1 is 0.636 bits per heavy atom. The molecule has 33 heavy (non-hydrogen) atoms. The lowest BCUT2D eigenvalue weighted by molar-refractivity contribution is -0.156. The van der Waals surface area contributed by atoms with Gasteiger partial charge in [0.1, 0.15) is 11.2 Å². The Balaban J connectivity index is 2.08. The van der Waals surface area contributed by atoms with Gasteiger partial charge in [-0.25, -0.2) is 0 Å². The van der Waals surface area contributed by atoms with Gasteiger partial charge in [-0.3, -0.25) is 9.59 Å². The summed E-state index contributed by atoms with van der Waals surface area (Å²) in [4.78, 5) is 25.1. The quantitative estimate of drug-likeness (QED) is 0.358. The van der Waals surface area contributed by atoms with Crippen LogP contribution in [0.15, 0.2) is 60.7 Å². The molecule has 0 saturated carbocycles. The maximum atomic E-state index is 12.6. The molecule has 4 nitrogen and oxygen atoms in total. The Bertz CT molecular complexity index is 786. The molecule has 0 aliphatic carbocycles. The standard InChI is InChI=1S/C29H40O4/c1-28(2,3)32-26(30)20-24(22-14-9-7-10-15-22)18-13-19-25(23-16-11-8-12-17-23)21-27(31)33-29(4,5)6/h7-12,14-17,24-25H,13,18-21H2,1-6H3. The fourth-order valence-corrected chi connectivity index (χ4v) is 4.00. The van der Waals surface area contributed by atoms with Gasteiger partial charge in [0, 0.05) is 0 Å². The molecule has 2 unspecified atom stereocenters. The number of hydrogen-bond acceptors (Lipinski definition) is 4. The third-order valence-electron chi connectivity index (χ3n) is 5.31. The summed E-state index contributed by atoms with van der Waals surface area (Å²) in [5.41, 5.74) is 1.30. The summed E-state index contributed by atoms with van der Waals surface area (Å²) in [6.45, 7) is 11.4. The molecule has 0 saturated heterocycles. The van der Waals surface area contributed by atoms with E-state index >= 15 is 0 Å². The molecule has 0 aliphatic heterocycles. The van der Waals surface area contributed by atoms with Crippen LogP contribution in [0.3, 0.4) is 0 Å². The van der Waals surface area contributed by atoms with Crippen molar-refractivity contribution in [3.8, 4) is 0 Å². The van der Waals surface area contributed by atoms with Gasteiger partial charge in [0.25, 0.3) is 0 Å². The predicted molar refractivity (Wildman–Crippen MR) is 133 cm³/mol. The maximum absolute atomic E-state index is 12.6. The first-order chi connectivity index (χ1) is 15.4. The van der Waals surface area contributed by atoms with Crippen LogP contribution in [0.25, 0.3) is 0 Å². The van der Waals surface area contributed by atoms with Crippen molar-refractivity contribution in [1.82, 2.24) is 0 Å². The maximum Gasteiger partial charge on any atom is 0.306 e. The van der Waals surface area contributed by atoms with E-state index in [1.165, 1.54) is 0 Å². The molecule has 0 bridgehead atoms. The number of benzene rings is 2. The Morgan fingerprint density at radius 2 is 0.970 bits per heavy atom. The molecule has 0 heterocycles. The van der Waals surface area contributed by atoms with Crippen LogP contribution in [0.5, 0.6) is 0 Å². The number of ether oxygens (including phenoxy) is 2. The molecule has 0 fully saturated rings. The molecule has 0 radical (unpaired) electrons. The van der Waals surface area contributed by atoms with Crippen LogP contribution in [0.1, 0.15) is 96.6 Å². The van der Waals surface area contributed by atoms with Crippen molar-refractivity contribution in [1.29, 1.82) is 0 Å². The van der Waals surface area contributed by atoms with Gasteiger partial charge in [-0.05, 0) is 77.3 Å². The van der Waals surface area contributed by atoms with Crippen molar-refractivity contribution in [2.75, 3.05) is 0 Å². The van der Waals surface area contributed by atoms with Gasteiger partial charge in [-0.2, -0.15) is 0 Å². The summed E-state index contributed by atoms with van der Waals surface area (Å²) in [5.74, 6) is -0.188. The van der Waals surface area contributed by atoms with E-state index in [-0.39, 0.29) is 23.8 Å². The second kappa shape index (κ2) is 12.0. The van der Waals surface area contributed by atoms with E-state index < -0.39 is 11.2 Å². The number of rotatable bonds is 10. The van der Waals surface area contributed by atoms with Crippen LogP contribution >= 0.6 is 0 Å². The van der Waals surface area contributed by atoms with E-state index in [4.69, 9.17) is 9.47 Å². The van der Waals surface area contributed by atoms with E-state index in [1.54, 1.807) is 0 Å². The van der Waals surface area contributed by atoms with Gasteiger partial charge >= 0.3 is 11.9 Å². The lowest BCUT2D eigenvalue weighted by atomic mass is 9.86. The molecule has 0 aromatic heterocycles. The van der Waals surface area contributed by atoms with Crippen LogP contribution in [-0.2, 0) is 19.1 Å². The normalized spacial score (nSPS) is 13.8. The van der Waals surface area contributed by atoms with E-state index in [0.717, 1.165) is 30.4 Å². The van der Waals surface area contributed by atoms with Crippen LogP contribution in [-0.4, -0.2) is 23.1 Å². The smallest absolute Gasteiger partial charge is 0.306 e. The molecule has 0 amide bonds. The Kier molecular flexibility index (Phi) is 9.70. The van der Waals surface area contributed by atoms with E-state index in [0.29, 0.717) is 12.8 Å². The number of carbonyl (C=O) groups is 2. The van der Waals surface area contributed by atoms with Crippen LogP contribution in [0, 0.1) is 0 Å². The van der Waals surface area contributed by atoms with Crippen molar-refractivity contribution in [2.45, 2.75) is 96.7 Å². The third kappa shape index (κ3) is 10.7. The van der Waals surface area contributed by atoms with Gasteiger partial charge in [0.2, 0.25) is 0 Å². The highest BCUT2D eigenvalue weighted by Gasteiger charge is 2.24. The van der Waals surface area contributed by atoms with E-state index in [1.807, 2.05) is 77.9 Å². The molecular weight excluding hydrogens is 412 g/mol. The Labute approximate surface area is 199 Å². The molecule has 0 spiro atoms. The van der Waals surface area contributed by atoms with Crippen molar-refractivity contribution < 1.29 is 19.1 Å². The number of hydrogen-bond donors (Lipinski definition) is 0. The Hall–Kier alpha value is -2.62. The zero-order chi connectivity index (χ0) is 24.5. The minimum atomic E-state index is -0.496. The molecule has 180 valence electrons. The fourth-order valence-electron chi connectivity index (χ4n) is 4.00. The monoisotopic (exact) mass is 452 g/mol. The first kappa shape index (κ1) is 26.6. The molecule has 2 aromatic rings. The second-order valence-electron chi connectivity index (χ2n) is 10.7. The molecule has 2 atom stereocenters. The summed E-state index contributed by atoms with van der Waals surface area (Å²) < 4.78 is 11.2. The zero-order valence-electron chi connectivity index (χ0n) is 21.1. The van der Waals surface area contributed by atoms with Gasteiger partial charge < -0.3 is 9.47 Å². The molecule has 2 aromatic carbocycles. The van der Waals surface area contributed by atoms with Gasteiger partial charge in [-0.15, -0.1) is 0 Å². The molecular formula is C29H40O4. The Morgan fingerprint density at radius 3 is 1.27 bits per heavy atom. The highest BCUT2D eigenvalue weighted by atomic mass is 16.6. The van der Waals surface area contributed by atoms with Gasteiger partial charge in [0.05, 0.1) is 12.8 Å². The average Bonchev–Trinajstić information content (AvgIpc) is 2.71. The molecule has 2 rings (SSSR count). The van der Waals surface area contributed by atoms with Gasteiger partial charge in [-0.1, -0.05) is 67.1 Å². The molecule has 0 N–H and O–H groups in total. The van der Waals surface area contributed by atoms with Crippen molar-refractivity contribution in [3.05, 3.63) is 71.8 Å². The lowest BCUT2D eigenvalue weighted by Crippen LogP contribution is -2.25. The minimum Gasteiger partial charge on any atom is -0.460 e. The molecule has 0 aliphatic rings. The number of esters is 2. The topological polar surface area (TPSA) is 52.6 Å². The highest BCUT2D eigenvalue weighted by molar-refractivity contribution is 5.71. The van der Waals surface area contributed by atoms with E-state index in [2.05, 4.69) is 24.3 Å². The summed E-state index contributed by atoms with van der Waals surface area (Å²) in [6, 6.07) is 20.3. The first-order valence-corrected chi connectivity index (χ1v) is 12.0. The van der Waals surface area contributed by atoms with Crippen molar-refractivity contribution in [2.24, 2.45) is 0 Å². The summed E-state index contributed by atoms with van der Waals surface area (Å²) in [7, 11) is 0.